The van der Waals surface area contributed by atoms with E-state index in [1.54, 1.807) is 6.07 Å². The molecule has 0 aliphatic carbocycles. The van der Waals surface area contributed by atoms with E-state index in [1.165, 1.54) is 12.1 Å². The van der Waals surface area contributed by atoms with E-state index in [0.29, 0.717) is 12.3 Å². The van der Waals surface area contributed by atoms with Crippen LogP contribution in [0.1, 0.15) is 12.6 Å². The normalized spacial score (nSPS) is 16.0. The Kier molecular flexibility index (Phi) is 2.58. The third-order valence-corrected chi connectivity index (χ3v) is 3.40. The number of carbonyl (C=O) groups excluding carboxylic acids is 1. The molecule has 0 saturated carbocycles. The van der Waals surface area contributed by atoms with Gasteiger partial charge in [-0.15, -0.1) is 0 Å². The molecule has 2 aromatic rings. The first-order valence-electron chi connectivity index (χ1n) is 6.17. The van der Waals surface area contributed by atoms with E-state index in [9.17, 15) is 9.18 Å². The highest BCUT2D eigenvalue weighted by molar-refractivity contribution is 5.84. The number of halogens is 1. The van der Waals surface area contributed by atoms with Crippen molar-refractivity contribution < 1.29 is 9.18 Å². The molecule has 1 amide bonds. The maximum Gasteiger partial charge on any atom is 0.228 e. The second-order valence-electron chi connectivity index (χ2n) is 5.11. The van der Waals surface area contributed by atoms with Crippen LogP contribution in [0.3, 0.4) is 0 Å². The van der Waals surface area contributed by atoms with Gasteiger partial charge in [0.25, 0.3) is 0 Å². The number of benzene rings is 1. The van der Waals surface area contributed by atoms with Crippen molar-refractivity contribution >= 4 is 16.8 Å². The standard InChI is InChI=1S/C14H15FN2O/c1-9-7-17(8-9)14(18)6-12-4-10-2-3-11(15)5-13(10)16-12/h2-5,9,16H,6-8H2,1H3. The monoisotopic (exact) mass is 246 g/mol. The first-order valence-corrected chi connectivity index (χ1v) is 6.17. The topological polar surface area (TPSA) is 36.1 Å². The Bertz CT molecular complexity index is 599. The van der Waals surface area contributed by atoms with Crippen molar-refractivity contribution in [1.29, 1.82) is 0 Å². The smallest absolute Gasteiger partial charge is 0.228 e. The fraction of sp³-hybridized carbons (Fsp3) is 0.357. The van der Waals surface area contributed by atoms with Crippen LogP contribution >= 0.6 is 0 Å². The Hall–Kier alpha value is -1.84. The molecule has 1 aromatic carbocycles. The molecule has 1 aliphatic rings. The highest BCUT2D eigenvalue weighted by atomic mass is 19.1. The molecule has 1 saturated heterocycles. The van der Waals surface area contributed by atoms with Gasteiger partial charge in [0, 0.05) is 24.3 Å². The van der Waals surface area contributed by atoms with E-state index in [4.69, 9.17) is 0 Å². The van der Waals surface area contributed by atoms with Gasteiger partial charge >= 0.3 is 0 Å². The lowest BCUT2D eigenvalue weighted by molar-refractivity contribution is -0.136. The highest BCUT2D eigenvalue weighted by Crippen LogP contribution is 2.19. The summed E-state index contributed by atoms with van der Waals surface area (Å²) in [6, 6.07) is 6.52. The quantitative estimate of drug-likeness (QED) is 0.867. The van der Waals surface area contributed by atoms with Gasteiger partial charge in [-0.1, -0.05) is 6.92 Å². The molecule has 18 heavy (non-hydrogen) atoms. The zero-order chi connectivity index (χ0) is 12.7. The number of nitrogens with one attached hydrogen (secondary N) is 1. The van der Waals surface area contributed by atoms with Gasteiger partial charge in [0.05, 0.1) is 6.42 Å². The summed E-state index contributed by atoms with van der Waals surface area (Å²) in [5, 5.41) is 0.941. The van der Waals surface area contributed by atoms with E-state index in [2.05, 4.69) is 11.9 Å². The van der Waals surface area contributed by atoms with Crippen molar-refractivity contribution in [2.75, 3.05) is 13.1 Å². The van der Waals surface area contributed by atoms with Crippen LogP contribution in [0.5, 0.6) is 0 Å². The van der Waals surface area contributed by atoms with Crippen LogP contribution in [-0.2, 0) is 11.2 Å². The van der Waals surface area contributed by atoms with Gasteiger partial charge in [0.1, 0.15) is 5.82 Å². The number of nitrogens with zero attached hydrogens (tertiary/aromatic N) is 1. The van der Waals surface area contributed by atoms with Crippen LogP contribution in [0.15, 0.2) is 24.3 Å². The van der Waals surface area contributed by atoms with E-state index >= 15 is 0 Å². The molecule has 2 heterocycles. The van der Waals surface area contributed by atoms with E-state index in [0.717, 1.165) is 29.7 Å². The molecule has 1 aliphatic heterocycles. The summed E-state index contributed by atoms with van der Waals surface area (Å²) in [7, 11) is 0. The summed E-state index contributed by atoms with van der Waals surface area (Å²) < 4.78 is 13.0. The SMILES string of the molecule is CC1CN(C(=O)Cc2cc3ccc(F)cc3[nH]2)C1. The van der Waals surface area contributed by atoms with Crippen LogP contribution in [0.2, 0.25) is 0 Å². The van der Waals surface area contributed by atoms with E-state index < -0.39 is 0 Å². The molecule has 4 heteroatoms. The Labute approximate surface area is 105 Å². The van der Waals surface area contributed by atoms with Crippen molar-refractivity contribution in [3.05, 3.63) is 35.8 Å². The summed E-state index contributed by atoms with van der Waals surface area (Å²) >= 11 is 0. The van der Waals surface area contributed by atoms with Gasteiger partial charge in [-0.3, -0.25) is 4.79 Å². The maximum atomic E-state index is 13.0. The van der Waals surface area contributed by atoms with E-state index in [1.807, 2.05) is 11.0 Å². The number of amides is 1. The Balaban J connectivity index is 1.76. The van der Waals surface area contributed by atoms with Gasteiger partial charge in [-0.05, 0) is 35.6 Å². The molecule has 94 valence electrons. The maximum absolute atomic E-state index is 13.0. The van der Waals surface area contributed by atoms with Crippen LogP contribution in [0, 0.1) is 11.7 Å². The molecule has 0 radical (unpaired) electrons. The molecule has 0 atom stereocenters. The van der Waals surface area contributed by atoms with Gasteiger partial charge in [-0.2, -0.15) is 0 Å². The van der Waals surface area contributed by atoms with Crippen LogP contribution in [0.4, 0.5) is 4.39 Å². The summed E-state index contributed by atoms with van der Waals surface area (Å²) in [6.45, 7) is 3.84. The van der Waals surface area contributed by atoms with Crippen molar-refractivity contribution in [2.45, 2.75) is 13.3 Å². The number of hydrogen-bond acceptors (Lipinski definition) is 1. The van der Waals surface area contributed by atoms with Crippen molar-refractivity contribution in [2.24, 2.45) is 5.92 Å². The lowest BCUT2D eigenvalue weighted by Gasteiger charge is -2.37. The van der Waals surface area contributed by atoms with Crippen LogP contribution in [-0.4, -0.2) is 28.9 Å². The minimum absolute atomic E-state index is 0.139. The predicted octanol–water partition coefficient (Wildman–Crippen LogP) is 2.33. The Morgan fingerprint density at radius 1 is 1.44 bits per heavy atom. The molecular weight excluding hydrogens is 231 g/mol. The summed E-state index contributed by atoms with van der Waals surface area (Å²) in [4.78, 5) is 16.9. The number of likely N-dealkylation sites (tertiary alicyclic amines) is 1. The largest absolute Gasteiger partial charge is 0.358 e. The number of hydrogen-bond donors (Lipinski definition) is 1. The molecule has 0 unspecified atom stereocenters. The average molecular weight is 246 g/mol. The van der Waals surface area contributed by atoms with Gasteiger partial charge < -0.3 is 9.88 Å². The predicted molar refractivity (Wildman–Crippen MR) is 67.7 cm³/mol. The number of H-pyrrole nitrogens is 1. The number of aromatic amines is 1. The highest BCUT2D eigenvalue weighted by Gasteiger charge is 2.26. The lowest BCUT2D eigenvalue weighted by Crippen LogP contribution is -2.49. The molecule has 0 spiro atoms. The third-order valence-electron chi connectivity index (χ3n) is 3.40. The Morgan fingerprint density at radius 3 is 2.94 bits per heavy atom. The average Bonchev–Trinajstić information content (AvgIpc) is 2.66. The summed E-state index contributed by atoms with van der Waals surface area (Å²) in [5.74, 6) is 0.490. The van der Waals surface area contributed by atoms with Crippen molar-refractivity contribution in [3.63, 3.8) is 0 Å². The molecule has 3 rings (SSSR count). The third kappa shape index (κ3) is 1.98. The molecule has 1 fully saturated rings. The first-order chi connectivity index (χ1) is 8.61. The Morgan fingerprint density at radius 2 is 2.22 bits per heavy atom. The van der Waals surface area contributed by atoms with Crippen molar-refractivity contribution in [3.8, 4) is 0 Å². The number of rotatable bonds is 2. The van der Waals surface area contributed by atoms with Crippen molar-refractivity contribution in [1.82, 2.24) is 9.88 Å². The zero-order valence-corrected chi connectivity index (χ0v) is 10.2. The minimum Gasteiger partial charge on any atom is -0.358 e. The minimum atomic E-state index is -0.265. The summed E-state index contributed by atoms with van der Waals surface area (Å²) in [6.07, 6.45) is 0.364. The lowest BCUT2D eigenvalue weighted by atomic mass is 10.0. The molecule has 3 nitrogen and oxygen atoms in total. The zero-order valence-electron chi connectivity index (χ0n) is 10.2. The van der Waals surface area contributed by atoms with Crippen LogP contribution < -0.4 is 0 Å². The fourth-order valence-corrected chi connectivity index (χ4v) is 2.43. The fourth-order valence-electron chi connectivity index (χ4n) is 2.43. The van der Waals surface area contributed by atoms with Gasteiger partial charge in [0.2, 0.25) is 5.91 Å². The number of carbonyl (C=O) groups is 1. The second-order valence-corrected chi connectivity index (χ2v) is 5.11. The van der Waals surface area contributed by atoms with Crippen LogP contribution in [0.25, 0.3) is 10.9 Å². The van der Waals surface area contributed by atoms with Gasteiger partial charge in [0.15, 0.2) is 0 Å². The molecular formula is C14H15FN2O. The molecule has 1 aromatic heterocycles. The molecule has 1 N–H and O–H groups in total. The van der Waals surface area contributed by atoms with Gasteiger partial charge in [-0.25, -0.2) is 4.39 Å². The second kappa shape index (κ2) is 4.12. The number of aromatic nitrogens is 1. The van der Waals surface area contributed by atoms with E-state index in [-0.39, 0.29) is 11.7 Å². The number of fused-ring (bicyclic) bond motifs is 1. The first kappa shape index (κ1) is 11.3. The molecule has 0 bridgehead atoms. The summed E-state index contributed by atoms with van der Waals surface area (Å²) in [5.41, 5.74) is 1.59.